The first-order valence-electron chi connectivity index (χ1n) is 19.5. The lowest BCUT2D eigenvalue weighted by Crippen LogP contribution is -2.58. The molecule has 8 rings (SSSR count). The SMILES string of the molecule is Oc1ccc(Cc2cc([C@@H]3O[C@H](COCc4ccccc4)[C@@H](OCc4ccccc4)[C@H](OCc4ccccc4)[C@H]3OCc3ccccc3)cc3c2OCC3)cc1. The van der Waals surface area contributed by atoms with Crippen LogP contribution in [0.15, 0.2) is 158 Å². The Hall–Kier alpha value is -5.28. The first-order chi connectivity index (χ1) is 27.7. The second-order valence-electron chi connectivity index (χ2n) is 14.5. The van der Waals surface area contributed by atoms with Crippen molar-refractivity contribution in [3.63, 3.8) is 0 Å². The van der Waals surface area contributed by atoms with Crippen molar-refractivity contribution in [2.75, 3.05) is 13.2 Å². The summed E-state index contributed by atoms with van der Waals surface area (Å²) in [6.07, 6.45) is -1.18. The largest absolute Gasteiger partial charge is 0.508 e. The summed E-state index contributed by atoms with van der Waals surface area (Å²) < 4.78 is 40.8. The fourth-order valence-corrected chi connectivity index (χ4v) is 7.60. The third kappa shape index (κ3) is 9.56. The topological polar surface area (TPSA) is 75.6 Å². The molecule has 0 radical (unpaired) electrons. The van der Waals surface area contributed by atoms with Crippen molar-refractivity contribution < 1.29 is 33.5 Å². The molecule has 0 amide bonds. The third-order valence-corrected chi connectivity index (χ3v) is 10.4. The van der Waals surface area contributed by atoms with E-state index in [1.165, 1.54) is 0 Å². The van der Waals surface area contributed by atoms with Crippen molar-refractivity contribution in [2.24, 2.45) is 0 Å². The van der Waals surface area contributed by atoms with Crippen molar-refractivity contribution in [2.45, 2.75) is 69.8 Å². The molecule has 7 nitrogen and oxygen atoms in total. The van der Waals surface area contributed by atoms with Gasteiger partial charge < -0.3 is 33.5 Å². The smallest absolute Gasteiger partial charge is 0.126 e. The van der Waals surface area contributed by atoms with E-state index >= 15 is 0 Å². The maximum Gasteiger partial charge on any atom is 0.126 e. The Labute approximate surface area is 329 Å². The zero-order valence-electron chi connectivity index (χ0n) is 31.5. The van der Waals surface area contributed by atoms with Crippen molar-refractivity contribution in [1.82, 2.24) is 0 Å². The van der Waals surface area contributed by atoms with Crippen LogP contribution in [0.1, 0.15) is 50.6 Å². The molecule has 56 heavy (non-hydrogen) atoms. The maximum absolute atomic E-state index is 9.98. The van der Waals surface area contributed by atoms with E-state index in [2.05, 4.69) is 60.7 Å². The lowest BCUT2D eigenvalue weighted by molar-refractivity contribution is -0.275. The van der Waals surface area contributed by atoms with Crippen LogP contribution in [0.5, 0.6) is 11.5 Å². The molecule has 0 spiro atoms. The van der Waals surface area contributed by atoms with Gasteiger partial charge in [-0.3, -0.25) is 0 Å². The highest BCUT2D eigenvalue weighted by atomic mass is 16.6. The molecule has 0 aromatic heterocycles. The van der Waals surface area contributed by atoms with Gasteiger partial charge in [-0.05, 0) is 68.8 Å². The lowest BCUT2D eigenvalue weighted by atomic mass is 9.88. The molecule has 2 aliphatic heterocycles. The predicted molar refractivity (Wildman–Crippen MR) is 215 cm³/mol. The highest BCUT2D eigenvalue weighted by molar-refractivity contribution is 5.50. The van der Waals surface area contributed by atoms with Gasteiger partial charge in [-0.25, -0.2) is 0 Å². The maximum atomic E-state index is 9.98. The van der Waals surface area contributed by atoms with Crippen LogP contribution < -0.4 is 4.74 Å². The minimum atomic E-state index is -0.549. The van der Waals surface area contributed by atoms with Crippen LogP contribution in [0.25, 0.3) is 0 Å². The Balaban J connectivity index is 1.19. The first-order valence-corrected chi connectivity index (χ1v) is 19.5. The summed E-state index contributed by atoms with van der Waals surface area (Å²) >= 11 is 0. The number of ether oxygens (including phenoxy) is 6. The average Bonchev–Trinajstić information content (AvgIpc) is 3.73. The average molecular weight is 749 g/mol. The van der Waals surface area contributed by atoms with Gasteiger partial charge in [-0.2, -0.15) is 0 Å². The van der Waals surface area contributed by atoms with Gasteiger partial charge in [0.25, 0.3) is 0 Å². The fourth-order valence-electron chi connectivity index (χ4n) is 7.60. The summed E-state index contributed by atoms with van der Waals surface area (Å²) in [4.78, 5) is 0. The zero-order chi connectivity index (χ0) is 37.9. The molecule has 286 valence electrons. The molecule has 1 saturated heterocycles. The summed E-state index contributed by atoms with van der Waals surface area (Å²) in [5.41, 5.74) is 8.52. The lowest BCUT2D eigenvalue weighted by Gasteiger charge is -2.46. The number of benzene rings is 6. The Morgan fingerprint density at radius 3 is 1.62 bits per heavy atom. The van der Waals surface area contributed by atoms with Gasteiger partial charge in [-0.1, -0.05) is 133 Å². The number of hydrogen-bond acceptors (Lipinski definition) is 7. The van der Waals surface area contributed by atoms with Gasteiger partial charge in [0.1, 0.15) is 42.0 Å². The molecule has 2 aliphatic rings. The number of phenolic OH excluding ortho intramolecular Hbond substituents is 1. The highest BCUT2D eigenvalue weighted by Gasteiger charge is 2.49. The van der Waals surface area contributed by atoms with Crippen LogP contribution in [0.4, 0.5) is 0 Å². The van der Waals surface area contributed by atoms with E-state index in [1.54, 1.807) is 12.1 Å². The second kappa shape index (κ2) is 18.6. The molecule has 0 aliphatic carbocycles. The Morgan fingerprint density at radius 1 is 0.536 bits per heavy atom. The van der Waals surface area contributed by atoms with E-state index in [0.717, 1.165) is 56.7 Å². The molecule has 6 aromatic rings. The third-order valence-electron chi connectivity index (χ3n) is 10.4. The van der Waals surface area contributed by atoms with Crippen LogP contribution >= 0.6 is 0 Å². The molecule has 0 bridgehead atoms. The van der Waals surface area contributed by atoms with Crippen LogP contribution in [0, 0.1) is 0 Å². The van der Waals surface area contributed by atoms with Gasteiger partial charge in [0.2, 0.25) is 0 Å². The van der Waals surface area contributed by atoms with Gasteiger partial charge in [0.15, 0.2) is 0 Å². The van der Waals surface area contributed by atoms with Crippen LogP contribution in [-0.4, -0.2) is 42.7 Å². The van der Waals surface area contributed by atoms with E-state index in [1.807, 2.05) is 84.9 Å². The summed E-state index contributed by atoms with van der Waals surface area (Å²) in [6, 6.07) is 52.6. The number of phenols is 1. The summed E-state index contributed by atoms with van der Waals surface area (Å²) in [5, 5.41) is 9.98. The van der Waals surface area contributed by atoms with Crippen LogP contribution in [0.3, 0.4) is 0 Å². The quantitative estimate of drug-likeness (QED) is 0.106. The van der Waals surface area contributed by atoms with E-state index in [9.17, 15) is 5.11 Å². The molecule has 1 N–H and O–H groups in total. The summed E-state index contributed by atoms with van der Waals surface area (Å²) in [5.74, 6) is 1.16. The molecule has 1 fully saturated rings. The predicted octanol–water partition coefficient (Wildman–Crippen LogP) is 9.33. The number of rotatable bonds is 16. The standard InChI is InChI=1S/C49H48O7/c50-43-23-21-35(22-24-43)27-41-29-42(28-40-25-26-52-45(40)41)46-48(54-32-38-17-9-3-10-18-38)49(55-33-39-19-11-4-12-20-39)47(53-31-37-15-7-2-8-16-37)44(56-46)34-51-30-36-13-5-1-6-14-36/h1-24,28-29,44,46-50H,25-27,30-34H2/t44-,46+,47-,48+,49+/m1/s1. The molecule has 6 aromatic carbocycles. The number of hydrogen-bond donors (Lipinski definition) is 1. The van der Waals surface area contributed by atoms with E-state index < -0.39 is 30.5 Å². The zero-order valence-corrected chi connectivity index (χ0v) is 31.5. The monoisotopic (exact) mass is 748 g/mol. The minimum absolute atomic E-state index is 0.240. The summed E-state index contributed by atoms with van der Waals surface area (Å²) in [6.45, 7) is 2.46. The molecule has 7 heteroatoms. The number of fused-ring (bicyclic) bond motifs is 1. The van der Waals surface area contributed by atoms with Crippen molar-refractivity contribution >= 4 is 0 Å². The molecule has 5 atom stereocenters. The van der Waals surface area contributed by atoms with Gasteiger partial charge in [-0.15, -0.1) is 0 Å². The van der Waals surface area contributed by atoms with Crippen molar-refractivity contribution in [3.8, 4) is 11.5 Å². The second-order valence-corrected chi connectivity index (χ2v) is 14.5. The van der Waals surface area contributed by atoms with Crippen molar-refractivity contribution in [1.29, 1.82) is 0 Å². The van der Waals surface area contributed by atoms with Crippen LogP contribution in [0.2, 0.25) is 0 Å². The Bertz CT molecular complexity index is 2090. The highest BCUT2D eigenvalue weighted by Crippen LogP contribution is 2.42. The fraction of sp³-hybridized carbons (Fsp3) is 0.265. The number of aromatic hydroxyl groups is 1. The molecule has 0 unspecified atom stereocenters. The van der Waals surface area contributed by atoms with Crippen LogP contribution in [-0.2, 0) is 63.0 Å². The molecule has 0 saturated carbocycles. The van der Waals surface area contributed by atoms with E-state index in [-0.39, 0.29) is 12.4 Å². The first kappa shape index (κ1) is 37.6. The van der Waals surface area contributed by atoms with Crippen molar-refractivity contribution in [3.05, 3.63) is 202 Å². The Morgan fingerprint density at radius 2 is 1.05 bits per heavy atom. The molecular weight excluding hydrogens is 701 g/mol. The Kier molecular flexibility index (Phi) is 12.5. The van der Waals surface area contributed by atoms with E-state index in [4.69, 9.17) is 28.4 Å². The minimum Gasteiger partial charge on any atom is -0.508 e. The molecule has 2 heterocycles. The normalized spacial score (nSPS) is 20.3. The van der Waals surface area contributed by atoms with E-state index in [0.29, 0.717) is 39.5 Å². The molecular formula is C49H48O7. The van der Waals surface area contributed by atoms with Gasteiger partial charge in [0, 0.05) is 12.8 Å². The summed E-state index contributed by atoms with van der Waals surface area (Å²) in [7, 11) is 0. The van der Waals surface area contributed by atoms with Gasteiger partial charge in [0.05, 0.1) is 39.6 Å². The van der Waals surface area contributed by atoms with Gasteiger partial charge >= 0.3 is 0 Å².